The van der Waals surface area contributed by atoms with E-state index in [0.717, 1.165) is 13.2 Å². The van der Waals surface area contributed by atoms with Crippen LogP contribution in [-0.2, 0) is 5.88 Å². The molecular weight excluding hydrogens is 285 g/mol. The Bertz CT molecular complexity index is 424. The van der Waals surface area contributed by atoms with Gasteiger partial charge >= 0.3 is 6.36 Å². The van der Waals surface area contributed by atoms with Gasteiger partial charge in [-0.3, -0.25) is 0 Å². The van der Waals surface area contributed by atoms with E-state index < -0.39 is 30.0 Å². The zero-order valence-electron chi connectivity index (χ0n) is 8.89. The SMILES string of the molecule is COc1c(OC(F)(F)F)cc(CCl)nc1C(F)F. The molecule has 0 N–H and O–H groups in total. The standard InChI is InChI=1S/C9H7ClF5NO2/c1-17-7-5(18-9(13,14)15)2-4(3-10)16-6(7)8(11)12/h2,8H,3H2,1H3. The number of pyridine rings is 1. The summed E-state index contributed by atoms with van der Waals surface area (Å²) in [6, 6.07) is 0.797. The molecular formula is C9H7ClF5NO2. The molecule has 0 saturated heterocycles. The Morgan fingerprint density at radius 2 is 2.00 bits per heavy atom. The number of aromatic nitrogens is 1. The Balaban J connectivity index is 3.33. The zero-order chi connectivity index (χ0) is 13.9. The molecule has 0 bridgehead atoms. The van der Waals surface area contributed by atoms with E-state index in [0.29, 0.717) is 0 Å². The maximum absolute atomic E-state index is 12.6. The maximum atomic E-state index is 12.6. The molecule has 0 unspecified atom stereocenters. The first-order valence-corrected chi connectivity index (χ1v) is 4.99. The minimum atomic E-state index is -5.03. The van der Waals surface area contributed by atoms with E-state index in [4.69, 9.17) is 11.6 Å². The Kier molecular flexibility index (Phi) is 4.55. The van der Waals surface area contributed by atoms with Gasteiger partial charge in [-0.05, 0) is 0 Å². The second-order valence-corrected chi connectivity index (χ2v) is 3.28. The van der Waals surface area contributed by atoms with Crippen LogP contribution >= 0.6 is 11.6 Å². The van der Waals surface area contributed by atoms with Gasteiger partial charge in [-0.15, -0.1) is 24.8 Å². The highest BCUT2D eigenvalue weighted by Gasteiger charge is 2.34. The summed E-state index contributed by atoms with van der Waals surface area (Å²) in [5.74, 6) is -2.00. The molecule has 1 heterocycles. The molecule has 9 heteroatoms. The molecule has 0 amide bonds. The molecule has 0 fully saturated rings. The summed E-state index contributed by atoms with van der Waals surface area (Å²) < 4.78 is 69.6. The van der Waals surface area contributed by atoms with Crippen molar-refractivity contribution in [3.63, 3.8) is 0 Å². The fourth-order valence-corrected chi connectivity index (χ4v) is 1.34. The average Bonchev–Trinajstić information content (AvgIpc) is 2.25. The lowest BCUT2D eigenvalue weighted by Gasteiger charge is -2.15. The van der Waals surface area contributed by atoms with Gasteiger partial charge in [-0.25, -0.2) is 13.8 Å². The highest BCUT2D eigenvalue weighted by atomic mass is 35.5. The molecule has 0 atom stereocenters. The summed E-state index contributed by atoms with van der Waals surface area (Å²) in [7, 11) is 0.937. The van der Waals surface area contributed by atoms with Crippen molar-refractivity contribution in [2.45, 2.75) is 18.7 Å². The Morgan fingerprint density at radius 1 is 1.39 bits per heavy atom. The Labute approximate surface area is 103 Å². The number of halogens is 6. The van der Waals surface area contributed by atoms with E-state index in [9.17, 15) is 22.0 Å². The van der Waals surface area contributed by atoms with E-state index in [1.165, 1.54) is 0 Å². The van der Waals surface area contributed by atoms with Crippen molar-refractivity contribution in [3.05, 3.63) is 17.5 Å². The quantitative estimate of drug-likeness (QED) is 0.626. The molecule has 0 aliphatic rings. The predicted octanol–water partition coefficient (Wildman–Crippen LogP) is 3.67. The van der Waals surface area contributed by atoms with Crippen LogP contribution in [0.15, 0.2) is 6.07 Å². The van der Waals surface area contributed by atoms with E-state index in [-0.39, 0.29) is 11.6 Å². The summed E-state index contributed by atoms with van der Waals surface area (Å²) in [6.45, 7) is 0. The van der Waals surface area contributed by atoms with Crippen LogP contribution in [0.5, 0.6) is 11.5 Å². The van der Waals surface area contributed by atoms with E-state index >= 15 is 0 Å². The third kappa shape index (κ3) is 3.59. The molecule has 1 rings (SSSR count). The number of alkyl halides is 6. The molecule has 0 aliphatic heterocycles. The van der Waals surface area contributed by atoms with Crippen LogP contribution < -0.4 is 9.47 Å². The molecule has 0 saturated carbocycles. The lowest BCUT2D eigenvalue weighted by atomic mass is 10.2. The topological polar surface area (TPSA) is 31.4 Å². The van der Waals surface area contributed by atoms with Gasteiger partial charge in [0.15, 0.2) is 17.2 Å². The van der Waals surface area contributed by atoms with Crippen molar-refractivity contribution in [1.82, 2.24) is 4.98 Å². The number of nitrogens with zero attached hydrogens (tertiary/aromatic N) is 1. The van der Waals surface area contributed by atoms with Gasteiger partial charge in [-0.1, -0.05) is 0 Å². The molecule has 0 aromatic carbocycles. The molecule has 102 valence electrons. The molecule has 0 aliphatic carbocycles. The van der Waals surface area contributed by atoms with Gasteiger partial charge in [-0.2, -0.15) is 0 Å². The predicted molar refractivity (Wildman–Crippen MR) is 52.0 cm³/mol. The van der Waals surface area contributed by atoms with Gasteiger partial charge in [0.25, 0.3) is 6.43 Å². The van der Waals surface area contributed by atoms with Crippen molar-refractivity contribution < 1.29 is 31.4 Å². The van der Waals surface area contributed by atoms with Gasteiger partial charge in [0.05, 0.1) is 18.7 Å². The van der Waals surface area contributed by atoms with Crippen LogP contribution in [0.25, 0.3) is 0 Å². The lowest BCUT2D eigenvalue weighted by Crippen LogP contribution is -2.18. The zero-order valence-corrected chi connectivity index (χ0v) is 9.65. The first-order chi connectivity index (χ1) is 8.28. The van der Waals surface area contributed by atoms with Crippen molar-refractivity contribution in [2.75, 3.05) is 7.11 Å². The highest BCUT2D eigenvalue weighted by molar-refractivity contribution is 6.16. The van der Waals surface area contributed by atoms with Crippen molar-refractivity contribution >= 4 is 11.6 Å². The third-order valence-electron chi connectivity index (χ3n) is 1.79. The van der Waals surface area contributed by atoms with E-state index in [2.05, 4.69) is 14.5 Å². The molecule has 1 aromatic rings. The highest BCUT2D eigenvalue weighted by Crippen LogP contribution is 2.39. The number of ether oxygens (including phenoxy) is 2. The minimum absolute atomic E-state index is 0.174. The van der Waals surface area contributed by atoms with Gasteiger partial charge in [0.2, 0.25) is 0 Å². The molecule has 3 nitrogen and oxygen atoms in total. The first-order valence-electron chi connectivity index (χ1n) is 4.46. The average molecular weight is 292 g/mol. The van der Waals surface area contributed by atoms with Crippen molar-refractivity contribution in [1.29, 1.82) is 0 Å². The maximum Gasteiger partial charge on any atom is 0.573 e. The molecule has 0 spiro atoms. The number of methoxy groups -OCH3 is 1. The lowest BCUT2D eigenvalue weighted by molar-refractivity contribution is -0.275. The van der Waals surface area contributed by atoms with E-state index in [1.54, 1.807) is 0 Å². The number of hydrogen-bond donors (Lipinski definition) is 0. The van der Waals surface area contributed by atoms with Gasteiger partial charge < -0.3 is 9.47 Å². The Hall–Kier alpha value is -1.31. The molecule has 18 heavy (non-hydrogen) atoms. The second-order valence-electron chi connectivity index (χ2n) is 3.01. The first kappa shape index (κ1) is 14.7. The largest absolute Gasteiger partial charge is 0.573 e. The minimum Gasteiger partial charge on any atom is -0.491 e. The van der Waals surface area contributed by atoms with Gasteiger partial charge in [0.1, 0.15) is 0 Å². The smallest absolute Gasteiger partial charge is 0.491 e. The molecule has 0 radical (unpaired) electrons. The number of hydrogen-bond acceptors (Lipinski definition) is 3. The fourth-order valence-electron chi connectivity index (χ4n) is 1.20. The summed E-state index contributed by atoms with van der Waals surface area (Å²) >= 11 is 5.36. The monoisotopic (exact) mass is 291 g/mol. The summed E-state index contributed by atoms with van der Waals surface area (Å²) in [6.07, 6.45) is -8.14. The van der Waals surface area contributed by atoms with Crippen molar-refractivity contribution in [2.24, 2.45) is 0 Å². The summed E-state index contributed by atoms with van der Waals surface area (Å²) in [4.78, 5) is 3.40. The Morgan fingerprint density at radius 3 is 2.39 bits per heavy atom. The normalized spacial score (nSPS) is 11.8. The van der Waals surface area contributed by atoms with Crippen LogP contribution in [-0.4, -0.2) is 18.5 Å². The van der Waals surface area contributed by atoms with Crippen LogP contribution in [0.1, 0.15) is 17.8 Å². The van der Waals surface area contributed by atoms with Crippen molar-refractivity contribution in [3.8, 4) is 11.5 Å². The van der Waals surface area contributed by atoms with E-state index in [1.807, 2.05) is 0 Å². The summed E-state index contributed by atoms with van der Waals surface area (Å²) in [5.41, 5.74) is -1.12. The third-order valence-corrected chi connectivity index (χ3v) is 2.07. The summed E-state index contributed by atoms with van der Waals surface area (Å²) in [5, 5.41) is 0. The van der Waals surface area contributed by atoms with Gasteiger partial charge in [0, 0.05) is 6.07 Å². The van der Waals surface area contributed by atoms with Crippen LogP contribution in [0.4, 0.5) is 22.0 Å². The van der Waals surface area contributed by atoms with Crippen LogP contribution in [0.3, 0.4) is 0 Å². The van der Waals surface area contributed by atoms with Crippen LogP contribution in [0, 0.1) is 0 Å². The molecule has 1 aromatic heterocycles. The van der Waals surface area contributed by atoms with Crippen LogP contribution in [0.2, 0.25) is 0 Å². The fraction of sp³-hybridized carbons (Fsp3) is 0.444. The second kappa shape index (κ2) is 5.55. The number of rotatable bonds is 4.